The summed E-state index contributed by atoms with van der Waals surface area (Å²) in [5, 5.41) is 0. The van der Waals surface area contributed by atoms with Gasteiger partial charge in [-0.05, 0) is 78.4 Å². The van der Waals surface area contributed by atoms with Crippen LogP contribution in [-0.2, 0) is 0 Å². The quantitative estimate of drug-likeness (QED) is 0.612. The van der Waals surface area contributed by atoms with Gasteiger partial charge in [0, 0.05) is 0 Å². The van der Waals surface area contributed by atoms with E-state index in [1.165, 1.54) is 6.42 Å². The lowest BCUT2D eigenvalue weighted by Crippen LogP contribution is -2.35. The van der Waals surface area contributed by atoms with E-state index in [0.29, 0.717) is 0 Å². The molecule has 2 bridgehead atoms. The molecule has 4 fully saturated rings. The number of fused-ring (bicyclic) bond motifs is 2. The first-order valence-corrected chi connectivity index (χ1v) is 7.99. The van der Waals surface area contributed by atoms with Crippen molar-refractivity contribution in [3.63, 3.8) is 0 Å². The van der Waals surface area contributed by atoms with Gasteiger partial charge in [0.2, 0.25) is 0 Å². The van der Waals surface area contributed by atoms with Gasteiger partial charge in [0.25, 0.3) is 0 Å². The summed E-state index contributed by atoms with van der Waals surface area (Å²) >= 11 is 0. The minimum absolute atomic E-state index is 0.793. The lowest BCUT2D eigenvalue weighted by Gasteiger charge is -2.43. The summed E-state index contributed by atoms with van der Waals surface area (Å²) in [6.07, 6.45) is 7.86. The molecule has 4 aliphatic rings. The Morgan fingerprint density at radius 2 is 1.35 bits per heavy atom. The minimum atomic E-state index is 0.793. The highest BCUT2D eigenvalue weighted by atomic mass is 14.8. The molecular formula is C17H28. The molecule has 0 amide bonds. The molecule has 0 aromatic carbocycles. The van der Waals surface area contributed by atoms with Crippen molar-refractivity contribution in [2.75, 3.05) is 0 Å². The van der Waals surface area contributed by atoms with Gasteiger partial charge in [0.15, 0.2) is 0 Å². The number of hydrogen-bond acceptors (Lipinski definition) is 0. The van der Waals surface area contributed by atoms with Crippen molar-refractivity contribution < 1.29 is 0 Å². The molecule has 4 aliphatic carbocycles. The van der Waals surface area contributed by atoms with E-state index in [1.807, 2.05) is 0 Å². The fraction of sp³-hybridized carbons (Fsp3) is 1.00. The zero-order valence-corrected chi connectivity index (χ0v) is 12.0. The molecule has 96 valence electrons. The topological polar surface area (TPSA) is 0 Å². The summed E-state index contributed by atoms with van der Waals surface area (Å²) in [6, 6.07) is 0. The molecule has 8 unspecified atom stereocenters. The van der Waals surface area contributed by atoms with Gasteiger partial charge in [-0.3, -0.25) is 0 Å². The van der Waals surface area contributed by atoms with Gasteiger partial charge in [-0.2, -0.15) is 0 Å². The normalized spacial score (nSPS) is 68.5. The Labute approximate surface area is 107 Å². The Bertz CT molecular complexity index is 359. The van der Waals surface area contributed by atoms with Crippen molar-refractivity contribution in [2.45, 2.75) is 59.8 Å². The van der Waals surface area contributed by atoms with E-state index in [2.05, 4.69) is 27.7 Å². The molecule has 0 N–H and O–H groups in total. The van der Waals surface area contributed by atoms with Crippen molar-refractivity contribution in [1.82, 2.24) is 0 Å². The van der Waals surface area contributed by atoms with Gasteiger partial charge in [0.05, 0.1) is 0 Å². The van der Waals surface area contributed by atoms with E-state index in [9.17, 15) is 0 Å². The van der Waals surface area contributed by atoms with Gasteiger partial charge in [-0.25, -0.2) is 0 Å². The lowest BCUT2D eigenvalue weighted by molar-refractivity contribution is 0.0604. The van der Waals surface area contributed by atoms with E-state index in [-0.39, 0.29) is 0 Å². The van der Waals surface area contributed by atoms with Crippen LogP contribution < -0.4 is 0 Å². The lowest BCUT2D eigenvalue weighted by atomic mass is 9.62. The van der Waals surface area contributed by atoms with Gasteiger partial charge in [-0.15, -0.1) is 0 Å². The van der Waals surface area contributed by atoms with Crippen molar-refractivity contribution in [2.24, 2.45) is 46.3 Å². The molecule has 4 rings (SSSR count). The van der Waals surface area contributed by atoms with Crippen LogP contribution in [0.3, 0.4) is 0 Å². The van der Waals surface area contributed by atoms with Crippen molar-refractivity contribution in [3.05, 3.63) is 0 Å². The molecule has 17 heavy (non-hydrogen) atoms. The maximum atomic E-state index is 2.59. The summed E-state index contributed by atoms with van der Waals surface area (Å²) < 4.78 is 0. The summed E-state index contributed by atoms with van der Waals surface area (Å²) in [6.45, 7) is 10.2. The molecule has 0 heterocycles. The van der Waals surface area contributed by atoms with Crippen LogP contribution in [0.2, 0.25) is 0 Å². The fourth-order valence-electron chi connectivity index (χ4n) is 6.61. The molecule has 4 saturated carbocycles. The Morgan fingerprint density at radius 1 is 0.706 bits per heavy atom. The summed E-state index contributed by atoms with van der Waals surface area (Å²) in [5.74, 6) is 6.31. The zero-order valence-electron chi connectivity index (χ0n) is 12.0. The van der Waals surface area contributed by atoms with E-state index in [0.717, 1.165) is 46.3 Å². The average Bonchev–Trinajstić information content (AvgIpc) is 3.09. The third-order valence-corrected chi connectivity index (χ3v) is 7.81. The van der Waals surface area contributed by atoms with Crippen LogP contribution in [0.15, 0.2) is 0 Å². The number of hydrogen-bond donors (Lipinski definition) is 0. The third-order valence-electron chi connectivity index (χ3n) is 7.81. The fourth-order valence-corrected chi connectivity index (χ4v) is 6.61. The minimum Gasteiger partial charge on any atom is -0.0622 e. The van der Waals surface area contributed by atoms with Crippen LogP contribution in [0.25, 0.3) is 0 Å². The molecule has 0 aliphatic heterocycles. The predicted octanol–water partition coefficient (Wildman–Crippen LogP) is 4.74. The van der Waals surface area contributed by atoms with E-state index >= 15 is 0 Å². The molecule has 8 atom stereocenters. The van der Waals surface area contributed by atoms with E-state index in [4.69, 9.17) is 0 Å². The molecule has 0 saturated heterocycles. The van der Waals surface area contributed by atoms with Gasteiger partial charge in [0.1, 0.15) is 0 Å². The maximum absolute atomic E-state index is 2.59. The van der Waals surface area contributed by atoms with Crippen molar-refractivity contribution in [1.29, 1.82) is 0 Å². The van der Waals surface area contributed by atoms with Crippen LogP contribution in [0, 0.1) is 46.3 Å². The van der Waals surface area contributed by atoms with Gasteiger partial charge in [-0.1, -0.05) is 27.7 Å². The highest BCUT2D eigenvalue weighted by molar-refractivity contribution is 5.24. The maximum Gasteiger partial charge on any atom is -0.0232 e. The molecule has 0 aromatic rings. The molecule has 0 heteroatoms. The summed E-state index contributed by atoms with van der Waals surface area (Å²) in [4.78, 5) is 0. The van der Waals surface area contributed by atoms with Crippen LogP contribution in [-0.4, -0.2) is 0 Å². The third kappa shape index (κ3) is 1.16. The van der Waals surface area contributed by atoms with Crippen molar-refractivity contribution in [3.8, 4) is 0 Å². The number of rotatable bonds is 1. The molecular weight excluding hydrogens is 204 g/mol. The average molecular weight is 232 g/mol. The van der Waals surface area contributed by atoms with Crippen molar-refractivity contribution >= 4 is 0 Å². The Hall–Kier alpha value is 0. The van der Waals surface area contributed by atoms with Crippen LogP contribution in [0.5, 0.6) is 0 Å². The molecule has 1 spiro atoms. The largest absolute Gasteiger partial charge is 0.0622 e. The second-order valence-corrected chi connectivity index (χ2v) is 8.49. The smallest absolute Gasteiger partial charge is 0.0232 e. The predicted molar refractivity (Wildman–Crippen MR) is 71.6 cm³/mol. The second-order valence-electron chi connectivity index (χ2n) is 8.49. The molecule has 0 radical (unpaired) electrons. The SMILES string of the molecule is CC1CC(C)C2(C3CC34CC4C)CC(C)C1C2. The molecule has 0 aromatic heterocycles. The van der Waals surface area contributed by atoms with Gasteiger partial charge >= 0.3 is 0 Å². The first-order chi connectivity index (χ1) is 7.99. The van der Waals surface area contributed by atoms with Crippen LogP contribution in [0.4, 0.5) is 0 Å². The Kier molecular flexibility index (Phi) is 1.88. The zero-order chi connectivity index (χ0) is 12.0. The second kappa shape index (κ2) is 2.94. The standard InChI is InChI=1S/C17H28/c1-10-5-12(3)16(6-11(2)14(10)8-16)15-9-17(15)7-13(17)4/h10-15H,5-9H2,1-4H3. The Morgan fingerprint density at radius 3 is 1.94 bits per heavy atom. The highest BCUT2D eigenvalue weighted by Crippen LogP contribution is 2.83. The van der Waals surface area contributed by atoms with E-state index < -0.39 is 0 Å². The monoisotopic (exact) mass is 232 g/mol. The first kappa shape index (κ1) is 10.9. The Balaban J connectivity index is 1.65. The highest BCUT2D eigenvalue weighted by Gasteiger charge is 2.75. The van der Waals surface area contributed by atoms with E-state index in [1.54, 1.807) is 25.7 Å². The van der Waals surface area contributed by atoms with Gasteiger partial charge < -0.3 is 0 Å². The summed E-state index contributed by atoms with van der Waals surface area (Å²) in [5.41, 5.74) is 1.67. The van der Waals surface area contributed by atoms with Crippen LogP contribution >= 0.6 is 0 Å². The summed E-state index contributed by atoms with van der Waals surface area (Å²) in [7, 11) is 0. The van der Waals surface area contributed by atoms with Crippen LogP contribution in [0.1, 0.15) is 59.8 Å². The molecule has 0 nitrogen and oxygen atoms in total. The first-order valence-electron chi connectivity index (χ1n) is 7.99.